The van der Waals surface area contributed by atoms with E-state index in [4.69, 9.17) is 9.47 Å². The SMILES string of the molecule is COc1ccc2c(c1)N(CCNC(C)=O)CCO2. The molecule has 0 unspecified atom stereocenters. The first-order valence-electron chi connectivity index (χ1n) is 6.01. The average Bonchev–Trinajstić information content (AvgIpc) is 2.38. The van der Waals surface area contributed by atoms with E-state index in [0.29, 0.717) is 13.2 Å². The van der Waals surface area contributed by atoms with Crippen LogP contribution in [0.2, 0.25) is 0 Å². The monoisotopic (exact) mass is 250 g/mol. The Kier molecular flexibility index (Phi) is 3.92. The van der Waals surface area contributed by atoms with E-state index in [1.165, 1.54) is 6.92 Å². The minimum Gasteiger partial charge on any atom is -0.497 e. The number of nitrogens with one attached hydrogen (secondary N) is 1. The average molecular weight is 250 g/mol. The molecule has 5 heteroatoms. The molecule has 0 saturated carbocycles. The van der Waals surface area contributed by atoms with E-state index in [1.54, 1.807) is 7.11 Å². The number of rotatable bonds is 4. The van der Waals surface area contributed by atoms with Crippen LogP contribution in [0.15, 0.2) is 18.2 Å². The Bertz CT molecular complexity index is 434. The molecule has 1 aromatic carbocycles. The largest absolute Gasteiger partial charge is 0.497 e. The molecule has 0 fully saturated rings. The fraction of sp³-hybridized carbons (Fsp3) is 0.462. The topological polar surface area (TPSA) is 50.8 Å². The molecule has 5 nitrogen and oxygen atoms in total. The minimum atomic E-state index is -0.00544. The number of ether oxygens (including phenoxy) is 2. The molecule has 1 N–H and O–H groups in total. The zero-order valence-electron chi connectivity index (χ0n) is 10.7. The van der Waals surface area contributed by atoms with Crippen molar-refractivity contribution in [1.29, 1.82) is 0 Å². The number of fused-ring (bicyclic) bond motifs is 1. The van der Waals surface area contributed by atoms with Crippen LogP contribution in [0.25, 0.3) is 0 Å². The molecule has 1 aliphatic rings. The number of amides is 1. The van der Waals surface area contributed by atoms with Crippen molar-refractivity contribution in [2.24, 2.45) is 0 Å². The Morgan fingerprint density at radius 3 is 3.11 bits per heavy atom. The van der Waals surface area contributed by atoms with Gasteiger partial charge in [0.25, 0.3) is 0 Å². The standard InChI is InChI=1S/C13H18N2O3/c1-10(16)14-5-6-15-7-8-18-13-4-3-11(17-2)9-12(13)15/h3-4,9H,5-8H2,1-2H3,(H,14,16). The molecule has 0 atom stereocenters. The van der Waals surface area contributed by atoms with E-state index in [1.807, 2.05) is 18.2 Å². The van der Waals surface area contributed by atoms with Gasteiger partial charge in [0.2, 0.25) is 5.91 Å². The van der Waals surface area contributed by atoms with Crippen LogP contribution < -0.4 is 19.7 Å². The van der Waals surface area contributed by atoms with Crippen molar-refractivity contribution in [2.75, 3.05) is 38.3 Å². The van der Waals surface area contributed by atoms with Gasteiger partial charge in [-0.25, -0.2) is 0 Å². The van der Waals surface area contributed by atoms with Crippen LogP contribution in [-0.4, -0.2) is 39.3 Å². The molecule has 1 amide bonds. The third-order valence-electron chi connectivity index (χ3n) is 2.88. The number of nitrogens with zero attached hydrogens (tertiary/aromatic N) is 1. The Balaban J connectivity index is 2.08. The van der Waals surface area contributed by atoms with E-state index in [9.17, 15) is 4.79 Å². The van der Waals surface area contributed by atoms with Gasteiger partial charge in [0, 0.05) is 26.1 Å². The van der Waals surface area contributed by atoms with Crippen LogP contribution in [-0.2, 0) is 4.79 Å². The summed E-state index contributed by atoms with van der Waals surface area (Å²) in [6.45, 7) is 4.41. The van der Waals surface area contributed by atoms with Gasteiger partial charge < -0.3 is 19.7 Å². The second-order valence-electron chi connectivity index (χ2n) is 4.15. The van der Waals surface area contributed by atoms with Crippen LogP contribution in [0.5, 0.6) is 11.5 Å². The van der Waals surface area contributed by atoms with E-state index in [0.717, 1.165) is 30.3 Å². The van der Waals surface area contributed by atoms with Gasteiger partial charge in [0.1, 0.15) is 18.1 Å². The summed E-state index contributed by atoms with van der Waals surface area (Å²) in [6, 6.07) is 5.76. The molecule has 1 heterocycles. The molecule has 98 valence electrons. The first-order chi connectivity index (χ1) is 8.70. The van der Waals surface area contributed by atoms with Crippen molar-refractivity contribution >= 4 is 11.6 Å². The maximum Gasteiger partial charge on any atom is 0.216 e. The van der Waals surface area contributed by atoms with Crippen LogP contribution in [0.1, 0.15) is 6.92 Å². The van der Waals surface area contributed by atoms with E-state index in [-0.39, 0.29) is 5.91 Å². The number of hydrogen-bond acceptors (Lipinski definition) is 4. The van der Waals surface area contributed by atoms with Gasteiger partial charge >= 0.3 is 0 Å². The second-order valence-corrected chi connectivity index (χ2v) is 4.15. The summed E-state index contributed by atoms with van der Waals surface area (Å²) >= 11 is 0. The van der Waals surface area contributed by atoms with Crippen LogP contribution >= 0.6 is 0 Å². The summed E-state index contributed by atoms with van der Waals surface area (Å²) in [5, 5.41) is 2.80. The number of methoxy groups -OCH3 is 1. The van der Waals surface area contributed by atoms with Gasteiger partial charge in [-0.1, -0.05) is 0 Å². The molecule has 0 radical (unpaired) electrons. The number of anilines is 1. The first-order valence-corrected chi connectivity index (χ1v) is 6.01. The van der Waals surface area contributed by atoms with Crippen molar-refractivity contribution in [3.63, 3.8) is 0 Å². The molecule has 0 aromatic heterocycles. The summed E-state index contributed by atoms with van der Waals surface area (Å²) < 4.78 is 10.8. The smallest absolute Gasteiger partial charge is 0.216 e. The third kappa shape index (κ3) is 2.85. The number of hydrogen-bond donors (Lipinski definition) is 1. The molecule has 0 spiro atoms. The molecule has 0 saturated heterocycles. The molecule has 0 bridgehead atoms. The van der Waals surface area contributed by atoms with Gasteiger partial charge in [0.15, 0.2) is 0 Å². The zero-order chi connectivity index (χ0) is 13.0. The van der Waals surface area contributed by atoms with Crippen LogP contribution in [0.4, 0.5) is 5.69 Å². The highest BCUT2D eigenvalue weighted by molar-refractivity contribution is 5.72. The van der Waals surface area contributed by atoms with Crippen molar-refractivity contribution in [1.82, 2.24) is 5.32 Å². The highest BCUT2D eigenvalue weighted by Crippen LogP contribution is 2.34. The van der Waals surface area contributed by atoms with E-state index in [2.05, 4.69) is 10.2 Å². The van der Waals surface area contributed by atoms with Gasteiger partial charge in [-0.15, -0.1) is 0 Å². The molecule has 2 rings (SSSR count). The Hall–Kier alpha value is -1.91. The zero-order valence-corrected chi connectivity index (χ0v) is 10.7. The molecule has 1 aromatic rings. The lowest BCUT2D eigenvalue weighted by atomic mass is 10.2. The Morgan fingerprint density at radius 2 is 2.39 bits per heavy atom. The van der Waals surface area contributed by atoms with Crippen molar-refractivity contribution in [3.8, 4) is 11.5 Å². The van der Waals surface area contributed by atoms with E-state index < -0.39 is 0 Å². The molecular formula is C13H18N2O3. The lowest BCUT2D eigenvalue weighted by Gasteiger charge is -2.31. The van der Waals surface area contributed by atoms with Gasteiger partial charge in [0.05, 0.1) is 19.3 Å². The Morgan fingerprint density at radius 1 is 1.56 bits per heavy atom. The number of carbonyl (C=O) groups is 1. The van der Waals surface area contributed by atoms with Crippen LogP contribution in [0, 0.1) is 0 Å². The maximum absolute atomic E-state index is 10.9. The van der Waals surface area contributed by atoms with Gasteiger partial charge in [-0.05, 0) is 12.1 Å². The van der Waals surface area contributed by atoms with Crippen LogP contribution in [0.3, 0.4) is 0 Å². The summed E-state index contributed by atoms with van der Waals surface area (Å²) in [7, 11) is 1.65. The predicted molar refractivity (Wildman–Crippen MR) is 69.4 cm³/mol. The molecule has 18 heavy (non-hydrogen) atoms. The summed E-state index contributed by atoms with van der Waals surface area (Å²) in [5.74, 6) is 1.67. The predicted octanol–water partition coefficient (Wildman–Crippen LogP) is 1.03. The highest BCUT2D eigenvalue weighted by atomic mass is 16.5. The fourth-order valence-electron chi connectivity index (χ4n) is 1.98. The first kappa shape index (κ1) is 12.5. The van der Waals surface area contributed by atoms with Gasteiger partial charge in [-0.3, -0.25) is 4.79 Å². The summed E-state index contributed by atoms with van der Waals surface area (Å²) in [5.41, 5.74) is 1.02. The Labute approximate surface area is 107 Å². The number of carbonyl (C=O) groups excluding carboxylic acids is 1. The molecule has 0 aliphatic carbocycles. The summed E-state index contributed by atoms with van der Waals surface area (Å²) in [6.07, 6.45) is 0. The summed E-state index contributed by atoms with van der Waals surface area (Å²) in [4.78, 5) is 13.0. The van der Waals surface area contributed by atoms with Gasteiger partial charge in [-0.2, -0.15) is 0 Å². The third-order valence-corrected chi connectivity index (χ3v) is 2.88. The second kappa shape index (κ2) is 5.62. The molecule has 1 aliphatic heterocycles. The molecular weight excluding hydrogens is 232 g/mol. The lowest BCUT2D eigenvalue weighted by molar-refractivity contribution is -0.118. The quantitative estimate of drug-likeness (QED) is 0.867. The van der Waals surface area contributed by atoms with Crippen molar-refractivity contribution in [2.45, 2.75) is 6.92 Å². The maximum atomic E-state index is 10.9. The highest BCUT2D eigenvalue weighted by Gasteiger charge is 2.18. The van der Waals surface area contributed by atoms with E-state index >= 15 is 0 Å². The van der Waals surface area contributed by atoms with Crippen molar-refractivity contribution < 1.29 is 14.3 Å². The van der Waals surface area contributed by atoms with Crippen molar-refractivity contribution in [3.05, 3.63) is 18.2 Å². The lowest BCUT2D eigenvalue weighted by Crippen LogP contribution is -2.38. The minimum absolute atomic E-state index is 0.00544. The normalized spacial score (nSPS) is 13.6. The fourth-order valence-corrected chi connectivity index (χ4v) is 1.98. The number of benzene rings is 1.